The molecule has 3 aromatic carbocycles. The molecule has 1 heterocycles. The molecule has 3 aromatic rings. The number of anilines is 2. The van der Waals surface area contributed by atoms with Crippen LogP contribution in [0.25, 0.3) is 0 Å². The number of methoxy groups -OCH3 is 1. The summed E-state index contributed by atoms with van der Waals surface area (Å²) >= 11 is 5.64. The molecule has 0 bridgehead atoms. The molecule has 0 radical (unpaired) electrons. The number of para-hydroxylation sites is 1. The van der Waals surface area contributed by atoms with Gasteiger partial charge in [-0.15, -0.1) is 0 Å². The molecule has 1 N–H and O–H groups in total. The average Bonchev–Trinajstić information content (AvgIpc) is 3.05. The third kappa shape index (κ3) is 5.01. The molecule has 2 amide bonds. The minimum Gasteiger partial charge on any atom is -0.497 e. The van der Waals surface area contributed by atoms with E-state index in [1.54, 1.807) is 60.5 Å². The number of amides is 2. The minimum absolute atomic E-state index is 0.0878. The fourth-order valence-electron chi connectivity index (χ4n) is 3.68. The average molecular weight is 464 g/mol. The Labute approximate surface area is 196 Å². The number of rotatable bonds is 7. The van der Waals surface area contributed by atoms with Gasteiger partial charge in [-0.25, -0.2) is 4.39 Å². The number of thiocarbonyl (C=S) groups is 1. The molecule has 0 aliphatic carbocycles. The molecule has 6 nitrogen and oxygen atoms in total. The van der Waals surface area contributed by atoms with E-state index in [0.717, 1.165) is 5.56 Å². The summed E-state index contributed by atoms with van der Waals surface area (Å²) in [4.78, 5) is 29.4. The molecule has 1 atom stereocenters. The van der Waals surface area contributed by atoms with Crippen molar-refractivity contribution in [2.24, 2.45) is 0 Å². The fraction of sp³-hybridized carbons (Fsp3) is 0.160. The zero-order valence-corrected chi connectivity index (χ0v) is 18.7. The molecule has 0 aromatic heterocycles. The molecule has 1 fully saturated rings. The van der Waals surface area contributed by atoms with Crippen molar-refractivity contribution in [2.75, 3.05) is 17.3 Å². The van der Waals surface area contributed by atoms with E-state index in [0.29, 0.717) is 22.2 Å². The minimum atomic E-state index is -0.791. The van der Waals surface area contributed by atoms with Gasteiger partial charge in [0.05, 0.1) is 19.2 Å². The van der Waals surface area contributed by atoms with Crippen molar-refractivity contribution in [1.29, 1.82) is 0 Å². The SMILES string of the molecule is COc1ccc(NC(=O)CC2C(=O)N(c3ccccc3)C(=S)N2Cc2ccc(F)cc2)cc1. The van der Waals surface area contributed by atoms with Crippen molar-refractivity contribution in [3.63, 3.8) is 0 Å². The van der Waals surface area contributed by atoms with E-state index in [4.69, 9.17) is 17.0 Å². The Morgan fingerprint density at radius 2 is 1.70 bits per heavy atom. The third-order valence-electron chi connectivity index (χ3n) is 5.35. The van der Waals surface area contributed by atoms with Gasteiger partial charge in [-0.1, -0.05) is 30.3 Å². The second kappa shape index (κ2) is 9.79. The summed E-state index contributed by atoms with van der Waals surface area (Å²) in [6, 6.07) is 21.2. The lowest BCUT2D eigenvalue weighted by molar-refractivity contribution is -0.124. The zero-order valence-electron chi connectivity index (χ0n) is 17.9. The summed E-state index contributed by atoms with van der Waals surface area (Å²) in [5.41, 5.74) is 2.01. The molecule has 1 aliphatic heterocycles. The maximum absolute atomic E-state index is 13.4. The second-order valence-corrected chi connectivity index (χ2v) is 7.91. The summed E-state index contributed by atoms with van der Waals surface area (Å²) < 4.78 is 18.5. The van der Waals surface area contributed by atoms with Gasteiger partial charge in [-0.2, -0.15) is 0 Å². The molecule has 0 spiro atoms. The van der Waals surface area contributed by atoms with E-state index in [2.05, 4.69) is 5.32 Å². The van der Waals surface area contributed by atoms with Crippen LogP contribution >= 0.6 is 12.2 Å². The van der Waals surface area contributed by atoms with Crippen molar-refractivity contribution in [2.45, 2.75) is 19.0 Å². The monoisotopic (exact) mass is 463 g/mol. The number of ether oxygens (including phenoxy) is 1. The number of carbonyl (C=O) groups is 2. The Kier molecular flexibility index (Phi) is 6.65. The van der Waals surface area contributed by atoms with E-state index in [9.17, 15) is 14.0 Å². The van der Waals surface area contributed by atoms with Crippen LogP contribution in [0.4, 0.5) is 15.8 Å². The zero-order chi connectivity index (χ0) is 23.4. The van der Waals surface area contributed by atoms with Crippen LogP contribution in [0.2, 0.25) is 0 Å². The molecule has 1 aliphatic rings. The molecule has 1 unspecified atom stereocenters. The smallest absolute Gasteiger partial charge is 0.256 e. The number of benzene rings is 3. The van der Waals surface area contributed by atoms with Crippen molar-refractivity contribution in [1.82, 2.24) is 4.90 Å². The van der Waals surface area contributed by atoms with E-state index in [1.807, 2.05) is 18.2 Å². The van der Waals surface area contributed by atoms with Gasteiger partial charge in [0, 0.05) is 12.2 Å². The fourth-order valence-corrected chi connectivity index (χ4v) is 4.06. The molecule has 33 heavy (non-hydrogen) atoms. The van der Waals surface area contributed by atoms with E-state index >= 15 is 0 Å². The Balaban J connectivity index is 1.57. The van der Waals surface area contributed by atoms with Gasteiger partial charge >= 0.3 is 0 Å². The van der Waals surface area contributed by atoms with Crippen molar-refractivity contribution >= 4 is 40.5 Å². The van der Waals surface area contributed by atoms with Gasteiger partial charge in [0.25, 0.3) is 5.91 Å². The van der Waals surface area contributed by atoms with E-state index < -0.39 is 6.04 Å². The number of nitrogens with one attached hydrogen (secondary N) is 1. The second-order valence-electron chi connectivity index (χ2n) is 7.54. The standard InChI is InChI=1S/C25H22FN3O3S/c1-32-21-13-11-19(12-14-21)27-23(30)15-22-24(31)29(20-5-3-2-4-6-20)25(33)28(22)16-17-7-9-18(26)10-8-17/h2-14,22H,15-16H2,1H3,(H,27,30). The van der Waals surface area contributed by atoms with Crippen LogP contribution in [0.15, 0.2) is 78.9 Å². The molecule has 4 rings (SSSR count). The van der Waals surface area contributed by atoms with Crippen LogP contribution in [0.5, 0.6) is 5.75 Å². The van der Waals surface area contributed by atoms with Crippen molar-refractivity contribution in [3.8, 4) is 5.75 Å². The van der Waals surface area contributed by atoms with E-state index in [1.165, 1.54) is 17.0 Å². The van der Waals surface area contributed by atoms with Gasteiger partial charge in [-0.05, 0) is 66.3 Å². The van der Waals surface area contributed by atoms with Gasteiger partial charge in [0.1, 0.15) is 17.6 Å². The first-order chi connectivity index (χ1) is 16.0. The number of hydrogen-bond donors (Lipinski definition) is 1. The van der Waals surface area contributed by atoms with Crippen LogP contribution in [-0.4, -0.2) is 35.0 Å². The van der Waals surface area contributed by atoms with Crippen LogP contribution in [0.3, 0.4) is 0 Å². The summed E-state index contributed by atoms with van der Waals surface area (Å²) in [5, 5.41) is 3.12. The first kappa shape index (κ1) is 22.4. The molecule has 8 heteroatoms. The van der Waals surface area contributed by atoms with E-state index in [-0.39, 0.29) is 30.6 Å². The Hall–Kier alpha value is -3.78. The highest BCUT2D eigenvalue weighted by molar-refractivity contribution is 7.80. The summed E-state index contributed by atoms with van der Waals surface area (Å²) in [7, 11) is 1.57. The molecule has 0 saturated carbocycles. The summed E-state index contributed by atoms with van der Waals surface area (Å²) in [6.45, 7) is 0.272. The van der Waals surface area contributed by atoms with Crippen molar-refractivity contribution < 1.29 is 18.7 Å². The maximum Gasteiger partial charge on any atom is 0.256 e. The first-order valence-corrected chi connectivity index (χ1v) is 10.7. The van der Waals surface area contributed by atoms with Gasteiger partial charge in [-0.3, -0.25) is 14.5 Å². The number of nitrogens with zero attached hydrogens (tertiary/aromatic N) is 2. The van der Waals surface area contributed by atoms with Crippen LogP contribution < -0.4 is 15.0 Å². The van der Waals surface area contributed by atoms with Gasteiger partial charge < -0.3 is 15.0 Å². The van der Waals surface area contributed by atoms with Gasteiger partial charge in [0.15, 0.2) is 5.11 Å². The summed E-state index contributed by atoms with van der Waals surface area (Å²) in [5.74, 6) is -0.271. The van der Waals surface area contributed by atoms with Crippen LogP contribution in [0.1, 0.15) is 12.0 Å². The van der Waals surface area contributed by atoms with Gasteiger partial charge in [0.2, 0.25) is 5.91 Å². The normalized spacial score (nSPS) is 15.6. The predicted octanol–water partition coefficient (Wildman–Crippen LogP) is 4.37. The highest BCUT2D eigenvalue weighted by Crippen LogP contribution is 2.29. The third-order valence-corrected chi connectivity index (χ3v) is 5.77. The van der Waals surface area contributed by atoms with Crippen molar-refractivity contribution in [3.05, 3.63) is 90.2 Å². The predicted molar refractivity (Wildman–Crippen MR) is 128 cm³/mol. The highest BCUT2D eigenvalue weighted by atomic mass is 32.1. The molecule has 1 saturated heterocycles. The highest BCUT2D eigenvalue weighted by Gasteiger charge is 2.44. The van der Waals surface area contributed by atoms with Crippen LogP contribution in [0, 0.1) is 5.82 Å². The number of halogens is 1. The first-order valence-electron chi connectivity index (χ1n) is 10.3. The largest absolute Gasteiger partial charge is 0.497 e. The Bertz CT molecular complexity index is 1150. The number of carbonyl (C=O) groups excluding carboxylic acids is 2. The topological polar surface area (TPSA) is 61.9 Å². The molecule has 168 valence electrons. The van der Waals surface area contributed by atoms with Crippen LogP contribution in [-0.2, 0) is 16.1 Å². The molecular formula is C25H22FN3O3S. The maximum atomic E-state index is 13.4. The lowest BCUT2D eigenvalue weighted by Crippen LogP contribution is -2.37. The lowest BCUT2D eigenvalue weighted by Gasteiger charge is -2.24. The Morgan fingerprint density at radius 3 is 2.33 bits per heavy atom. The molecular weight excluding hydrogens is 441 g/mol. The lowest BCUT2D eigenvalue weighted by atomic mass is 10.1. The Morgan fingerprint density at radius 1 is 1.03 bits per heavy atom. The summed E-state index contributed by atoms with van der Waals surface area (Å²) in [6.07, 6.45) is -0.0878. The number of hydrogen-bond acceptors (Lipinski definition) is 4. The quantitative estimate of drug-likeness (QED) is 0.528.